The molecule has 0 aromatic heterocycles. The van der Waals surface area contributed by atoms with Gasteiger partial charge in [0.15, 0.2) is 11.9 Å². The second kappa shape index (κ2) is 4.85. The fourth-order valence-electron chi connectivity index (χ4n) is 5.25. The Kier molecular flexibility index (Phi) is 3.44. The van der Waals surface area contributed by atoms with Crippen molar-refractivity contribution in [2.75, 3.05) is 0 Å². The van der Waals surface area contributed by atoms with Crippen LogP contribution in [-0.4, -0.2) is 34.7 Å². The maximum Gasteiger partial charge on any atom is 0.443 e. The van der Waals surface area contributed by atoms with E-state index in [0.717, 1.165) is 12.8 Å². The molecule has 1 saturated carbocycles. The van der Waals surface area contributed by atoms with E-state index in [-0.39, 0.29) is 11.8 Å². The van der Waals surface area contributed by atoms with Gasteiger partial charge in [-0.05, 0) is 38.0 Å². The Hall–Kier alpha value is -0.410. The van der Waals surface area contributed by atoms with Gasteiger partial charge in [-0.15, -0.1) is 0 Å². The van der Waals surface area contributed by atoms with Crippen LogP contribution in [0.2, 0.25) is 0 Å². The van der Waals surface area contributed by atoms with E-state index in [4.69, 9.17) is 19.2 Å². The van der Waals surface area contributed by atoms with Gasteiger partial charge in [0, 0.05) is 18.3 Å². The number of hydrogen-bond donors (Lipinski definition) is 1. The Labute approximate surface area is 138 Å². The van der Waals surface area contributed by atoms with Crippen molar-refractivity contribution in [1.82, 2.24) is 0 Å². The normalized spacial score (nSPS) is 57.4. The molecule has 5 nitrogen and oxygen atoms in total. The van der Waals surface area contributed by atoms with Crippen molar-refractivity contribution < 1.29 is 37.5 Å². The molecule has 4 heterocycles. The van der Waals surface area contributed by atoms with Crippen molar-refractivity contribution in [2.24, 2.45) is 23.7 Å². The van der Waals surface area contributed by atoms with Crippen LogP contribution in [-0.2, 0) is 19.2 Å². The molecule has 0 amide bonds. The number of aliphatic hydroxyl groups is 1. The summed E-state index contributed by atoms with van der Waals surface area (Å²) in [4.78, 5) is 11.3. The van der Waals surface area contributed by atoms with Crippen LogP contribution in [0.3, 0.4) is 0 Å². The first kappa shape index (κ1) is 17.0. The number of ether oxygens (including phenoxy) is 2. The van der Waals surface area contributed by atoms with Crippen molar-refractivity contribution >= 4 is 0 Å². The van der Waals surface area contributed by atoms with Gasteiger partial charge in [-0.25, -0.2) is 9.78 Å². The molecule has 0 unspecified atom stereocenters. The van der Waals surface area contributed by atoms with Gasteiger partial charge in [0.2, 0.25) is 5.79 Å². The molecule has 1 spiro atoms. The van der Waals surface area contributed by atoms with E-state index in [2.05, 4.69) is 6.92 Å². The molecule has 0 aromatic carbocycles. The maximum atomic E-state index is 13.6. The fourth-order valence-corrected chi connectivity index (χ4v) is 5.25. The van der Waals surface area contributed by atoms with Crippen LogP contribution < -0.4 is 0 Å². The maximum absolute atomic E-state index is 13.6. The Morgan fingerprint density at radius 1 is 1.00 bits per heavy atom. The predicted molar refractivity (Wildman–Crippen MR) is 74.0 cm³/mol. The Morgan fingerprint density at radius 3 is 2.38 bits per heavy atom. The van der Waals surface area contributed by atoms with Gasteiger partial charge in [-0.2, -0.15) is 13.2 Å². The topological polar surface area (TPSA) is 57.2 Å². The molecule has 4 aliphatic heterocycles. The molecule has 8 atom stereocenters. The standard InChI is InChI=1S/C16H23F3O5/c1-8-4-5-11-9(2)15(20,16(17,18)19)22-12-14(11)10(8)6-7-13(3,21-12)23-24-14/h8-12,20H,4-7H2,1-3H3/t8-,9-,10+,11+,12+,13+,14-,15-/m1/s1. The largest absolute Gasteiger partial charge is 0.443 e. The first-order valence-corrected chi connectivity index (χ1v) is 8.55. The quantitative estimate of drug-likeness (QED) is 0.679. The molecule has 8 heteroatoms. The van der Waals surface area contributed by atoms with Gasteiger partial charge < -0.3 is 14.6 Å². The monoisotopic (exact) mass is 352 g/mol. The highest BCUT2D eigenvalue weighted by atomic mass is 19.4. The molecular weight excluding hydrogens is 329 g/mol. The Bertz CT molecular complexity index is 542. The molecule has 5 aliphatic rings. The van der Waals surface area contributed by atoms with Crippen molar-refractivity contribution in [3.63, 3.8) is 0 Å². The zero-order valence-electron chi connectivity index (χ0n) is 13.9. The molecule has 0 radical (unpaired) electrons. The summed E-state index contributed by atoms with van der Waals surface area (Å²) >= 11 is 0. The third-order valence-corrected chi connectivity index (χ3v) is 6.69. The van der Waals surface area contributed by atoms with Gasteiger partial charge in [0.25, 0.3) is 5.79 Å². The minimum absolute atomic E-state index is 0.0363. The highest BCUT2D eigenvalue weighted by molar-refractivity contribution is 5.12. The number of alkyl halides is 3. The highest BCUT2D eigenvalue weighted by Crippen LogP contribution is 2.63. The summed E-state index contributed by atoms with van der Waals surface area (Å²) in [6.45, 7) is 5.08. The molecule has 5 rings (SSSR count). The van der Waals surface area contributed by atoms with Gasteiger partial charge >= 0.3 is 6.18 Å². The third-order valence-electron chi connectivity index (χ3n) is 6.69. The van der Waals surface area contributed by atoms with Crippen molar-refractivity contribution in [1.29, 1.82) is 0 Å². The van der Waals surface area contributed by atoms with Crippen LogP contribution in [0.1, 0.15) is 46.5 Å². The average molecular weight is 352 g/mol. The molecule has 4 saturated heterocycles. The smallest absolute Gasteiger partial charge is 0.358 e. The van der Waals surface area contributed by atoms with Gasteiger partial charge in [-0.1, -0.05) is 13.8 Å². The van der Waals surface area contributed by atoms with Crippen LogP contribution >= 0.6 is 0 Å². The van der Waals surface area contributed by atoms with E-state index >= 15 is 0 Å². The number of hydrogen-bond acceptors (Lipinski definition) is 5. The lowest BCUT2D eigenvalue weighted by Gasteiger charge is -2.62. The predicted octanol–water partition coefficient (Wildman–Crippen LogP) is 3.12. The van der Waals surface area contributed by atoms with Crippen molar-refractivity contribution in [3.05, 3.63) is 0 Å². The second-order valence-corrected chi connectivity index (χ2v) is 8.01. The summed E-state index contributed by atoms with van der Waals surface area (Å²) in [5, 5.41) is 10.4. The number of halogens is 3. The van der Waals surface area contributed by atoms with E-state index in [0.29, 0.717) is 12.8 Å². The van der Waals surface area contributed by atoms with Crippen LogP contribution in [0.15, 0.2) is 0 Å². The summed E-state index contributed by atoms with van der Waals surface area (Å²) in [7, 11) is 0. The molecule has 138 valence electrons. The molecule has 2 bridgehead atoms. The van der Waals surface area contributed by atoms with Crippen molar-refractivity contribution in [3.8, 4) is 0 Å². The van der Waals surface area contributed by atoms with Crippen LogP contribution in [0, 0.1) is 23.7 Å². The lowest BCUT2D eigenvalue weighted by Crippen LogP contribution is -2.75. The van der Waals surface area contributed by atoms with Gasteiger partial charge in [-0.3, -0.25) is 0 Å². The van der Waals surface area contributed by atoms with Crippen LogP contribution in [0.5, 0.6) is 0 Å². The second-order valence-electron chi connectivity index (χ2n) is 8.01. The fraction of sp³-hybridized carbons (Fsp3) is 1.00. The minimum atomic E-state index is -4.91. The van der Waals surface area contributed by atoms with E-state index in [1.165, 1.54) is 6.92 Å². The van der Waals surface area contributed by atoms with Crippen LogP contribution in [0.4, 0.5) is 13.2 Å². The van der Waals surface area contributed by atoms with Gasteiger partial charge in [0.05, 0.1) is 0 Å². The summed E-state index contributed by atoms with van der Waals surface area (Å²) in [5.74, 6) is -5.94. The summed E-state index contributed by atoms with van der Waals surface area (Å²) in [6, 6.07) is 0. The van der Waals surface area contributed by atoms with E-state index in [1.54, 1.807) is 6.92 Å². The van der Waals surface area contributed by atoms with E-state index < -0.39 is 41.5 Å². The first-order chi connectivity index (χ1) is 11.0. The van der Waals surface area contributed by atoms with Gasteiger partial charge in [0.1, 0.15) is 0 Å². The number of fused-ring (bicyclic) bond motifs is 2. The third kappa shape index (κ3) is 1.95. The Morgan fingerprint density at radius 2 is 1.71 bits per heavy atom. The molecule has 5 fully saturated rings. The lowest BCUT2D eigenvalue weighted by molar-refractivity contribution is -0.597. The molecular formula is C16H23F3O5. The average Bonchev–Trinajstić information content (AvgIpc) is 2.70. The lowest BCUT2D eigenvalue weighted by atomic mass is 9.57. The number of rotatable bonds is 0. The molecule has 24 heavy (non-hydrogen) atoms. The molecule has 1 N–H and O–H groups in total. The summed E-state index contributed by atoms with van der Waals surface area (Å²) in [5.41, 5.74) is -1.11. The minimum Gasteiger partial charge on any atom is -0.358 e. The Balaban J connectivity index is 1.84. The van der Waals surface area contributed by atoms with E-state index in [9.17, 15) is 18.3 Å². The zero-order valence-corrected chi connectivity index (χ0v) is 13.9. The summed E-state index contributed by atoms with van der Waals surface area (Å²) < 4.78 is 51.7. The van der Waals surface area contributed by atoms with E-state index in [1.807, 2.05) is 0 Å². The zero-order chi connectivity index (χ0) is 17.5. The molecule has 1 aliphatic carbocycles. The summed E-state index contributed by atoms with van der Waals surface area (Å²) in [6.07, 6.45) is -3.70. The highest BCUT2D eigenvalue weighted by Gasteiger charge is 2.76. The van der Waals surface area contributed by atoms with Crippen molar-refractivity contribution in [2.45, 2.75) is 76.1 Å². The molecule has 0 aromatic rings. The van der Waals surface area contributed by atoms with Crippen LogP contribution in [0.25, 0.3) is 0 Å². The SMILES string of the molecule is C[C@@H]1CC[C@H]2[C@@H](C)[C@](O)(C(F)(F)F)O[C@@H]3O[C@]4(C)CC[C@@H]1[C@]32OO4. The first-order valence-electron chi connectivity index (χ1n) is 8.55.